The third kappa shape index (κ3) is 5.63. The van der Waals surface area contributed by atoms with Crippen LogP contribution in [0.4, 0.5) is 0 Å². The molecule has 0 spiro atoms. The van der Waals surface area contributed by atoms with E-state index < -0.39 is 0 Å². The van der Waals surface area contributed by atoms with Crippen molar-refractivity contribution in [3.63, 3.8) is 0 Å². The molecular formula is C27H33N3O3. The molecule has 0 radical (unpaired) electrons. The quantitative estimate of drug-likeness (QED) is 0.535. The zero-order valence-corrected chi connectivity index (χ0v) is 19.9. The molecule has 2 aromatic carbocycles. The highest BCUT2D eigenvalue weighted by atomic mass is 16.5. The van der Waals surface area contributed by atoms with E-state index in [0.717, 1.165) is 36.9 Å². The SMILES string of the molecule is Cc1ccc(C(=O)NC2CC2)cc1-n1ccc2ccc(OCCN(C)CC(C)C)cc2c1=O. The molecular weight excluding hydrogens is 414 g/mol. The van der Waals surface area contributed by atoms with E-state index in [1.807, 2.05) is 43.3 Å². The molecule has 1 saturated carbocycles. The highest BCUT2D eigenvalue weighted by Crippen LogP contribution is 2.22. The first-order chi connectivity index (χ1) is 15.8. The minimum Gasteiger partial charge on any atom is -0.492 e. The molecule has 1 heterocycles. The molecule has 3 aromatic rings. The molecule has 0 aliphatic heterocycles. The number of pyridine rings is 1. The van der Waals surface area contributed by atoms with Gasteiger partial charge in [-0.25, -0.2) is 0 Å². The van der Waals surface area contributed by atoms with E-state index >= 15 is 0 Å². The molecule has 1 fully saturated rings. The molecule has 174 valence electrons. The molecule has 4 rings (SSSR count). The molecule has 1 aromatic heterocycles. The second kappa shape index (κ2) is 9.79. The highest BCUT2D eigenvalue weighted by molar-refractivity contribution is 5.95. The largest absolute Gasteiger partial charge is 0.492 e. The summed E-state index contributed by atoms with van der Waals surface area (Å²) in [4.78, 5) is 28.2. The zero-order chi connectivity index (χ0) is 23.5. The first kappa shape index (κ1) is 23.1. The third-order valence-corrected chi connectivity index (χ3v) is 5.94. The lowest BCUT2D eigenvalue weighted by atomic mass is 10.1. The van der Waals surface area contributed by atoms with Crippen LogP contribution in [0.25, 0.3) is 16.5 Å². The molecule has 33 heavy (non-hydrogen) atoms. The number of nitrogens with one attached hydrogen (secondary N) is 1. The first-order valence-corrected chi connectivity index (χ1v) is 11.7. The molecule has 6 heteroatoms. The predicted octanol–water partition coefficient (Wildman–Crippen LogP) is 4.16. The van der Waals surface area contributed by atoms with Crippen LogP contribution in [0.15, 0.2) is 53.5 Å². The van der Waals surface area contributed by atoms with Gasteiger partial charge in [0.25, 0.3) is 11.5 Å². The molecule has 0 unspecified atom stereocenters. The molecule has 6 nitrogen and oxygen atoms in total. The van der Waals surface area contributed by atoms with Crippen LogP contribution in [-0.4, -0.2) is 48.2 Å². The lowest BCUT2D eigenvalue weighted by molar-refractivity contribution is 0.0951. The van der Waals surface area contributed by atoms with Gasteiger partial charge in [-0.3, -0.25) is 14.2 Å². The summed E-state index contributed by atoms with van der Waals surface area (Å²) in [6.45, 7) is 8.74. The van der Waals surface area contributed by atoms with Gasteiger partial charge < -0.3 is 15.0 Å². The number of ether oxygens (including phenoxy) is 1. The number of likely N-dealkylation sites (N-methyl/N-ethyl adjacent to an activating group) is 1. The van der Waals surface area contributed by atoms with Gasteiger partial charge in [0.05, 0.1) is 11.1 Å². The summed E-state index contributed by atoms with van der Waals surface area (Å²) >= 11 is 0. The Bertz CT molecular complexity index is 1210. The summed E-state index contributed by atoms with van der Waals surface area (Å²) < 4.78 is 7.56. The van der Waals surface area contributed by atoms with Crippen LogP contribution < -0.4 is 15.6 Å². The minimum absolute atomic E-state index is 0.0919. The van der Waals surface area contributed by atoms with E-state index in [9.17, 15) is 9.59 Å². The maximum Gasteiger partial charge on any atom is 0.263 e. The highest BCUT2D eigenvalue weighted by Gasteiger charge is 2.24. The van der Waals surface area contributed by atoms with Crippen molar-refractivity contribution in [3.05, 3.63) is 70.1 Å². The Morgan fingerprint density at radius 1 is 1.18 bits per heavy atom. The van der Waals surface area contributed by atoms with Crippen molar-refractivity contribution in [1.82, 2.24) is 14.8 Å². The van der Waals surface area contributed by atoms with Crippen LogP contribution >= 0.6 is 0 Å². The summed E-state index contributed by atoms with van der Waals surface area (Å²) in [6, 6.07) is 13.3. The maximum atomic E-state index is 13.4. The number of carbonyl (C=O) groups excluding carboxylic acids is 1. The lowest BCUT2D eigenvalue weighted by Crippen LogP contribution is -2.27. The fourth-order valence-corrected chi connectivity index (χ4v) is 4.04. The zero-order valence-electron chi connectivity index (χ0n) is 19.9. The summed E-state index contributed by atoms with van der Waals surface area (Å²) in [6.07, 6.45) is 3.84. The van der Waals surface area contributed by atoms with E-state index in [1.165, 1.54) is 0 Å². The van der Waals surface area contributed by atoms with E-state index in [0.29, 0.717) is 34.9 Å². The molecule has 0 saturated heterocycles. The van der Waals surface area contributed by atoms with Gasteiger partial charge in [0.1, 0.15) is 12.4 Å². The number of carbonyl (C=O) groups is 1. The smallest absolute Gasteiger partial charge is 0.263 e. The van der Waals surface area contributed by atoms with E-state index in [2.05, 4.69) is 31.1 Å². The van der Waals surface area contributed by atoms with E-state index in [1.54, 1.807) is 16.8 Å². The average molecular weight is 448 g/mol. The Kier molecular flexibility index (Phi) is 6.84. The van der Waals surface area contributed by atoms with Crippen molar-refractivity contribution in [1.29, 1.82) is 0 Å². The Morgan fingerprint density at radius 3 is 2.70 bits per heavy atom. The monoisotopic (exact) mass is 447 g/mol. The summed E-state index contributed by atoms with van der Waals surface area (Å²) in [5.74, 6) is 1.20. The normalized spacial score (nSPS) is 13.6. The lowest BCUT2D eigenvalue weighted by Gasteiger charge is -2.19. The van der Waals surface area contributed by atoms with E-state index in [-0.39, 0.29) is 17.5 Å². The average Bonchev–Trinajstić information content (AvgIpc) is 3.58. The number of aromatic nitrogens is 1. The van der Waals surface area contributed by atoms with Crippen molar-refractivity contribution >= 4 is 16.7 Å². The molecule has 1 aliphatic rings. The van der Waals surface area contributed by atoms with Gasteiger partial charge >= 0.3 is 0 Å². The molecule has 0 bridgehead atoms. The van der Waals surface area contributed by atoms with Gasteiger partial charge in [0, 0.05) is 30.9 Å². The fourth-order valence-electron chi connectivity index (χ4n) is 4.04. The molecule has 0 atom stereocenters. The van der Waals surface area contributed by atoms with Gasteiger partial charge in [0.2, 0.25) is 0 Å². The molecule has 1 aliphatic carbocycles. The third-order valence-electron chi connectivity index (χ3n) is 5.94. The Labute approximate surface area is 195 Å². The molecule has 1 amide bonds. The Hall–Kier alpha value is -3.12. The Morgan fingerprint density at radius 2 is 1.97 bits per heavy atom. The number of hydrogen-bond donors (Lipinski definition) is 1. The van der Waals surface area contributed by atoms with Crippen molar-refractivity contribution in [2.45, 2.75) is 39.7 Å². The van der Waals surface area contributed by atoms with Crippen LogP contribution in [0, 0.1) is 12.8 Å². The summed E-state index contributed by atoms with van der Waals surface area (Å²) in [7, 11) is 2.09. The van der Waals surface area contributed by atoms with Gasteiger partial charge in [0.15, 0.2) is 0 Å². The van der Waals surface area contributed by atoms with Crippen LogP contribution in [0.2, 0.25) is 0 Å². The van der Waals surface area contributed by atoms with Crippen LogP contribution in [0.3, 0.4) is 0 Å². The van der Waals surface area contributed by atoms with Crippen LogP contribution in [0.1, 0.15) is 42.6 Å². The standard InChI is InChI=1S/C27H33N3O3/c1-18(2)17-29(4)13-14-33-23-10-7-20-11-12-30(27(32)24(20)16-23)25-15-21(6-5-19(25)3)26(31)28-22-8-9-22/h5-7,10-12,15-16,18,22H,8-9,13-14,17H2,1-4H3,(H,28,31). The van der Waals surface area contributed by atoms with Gasteiger partial charge in [-0.05, 0) is 74.0 Å². The second-order valence-electron chi connectivity index (χ2n) is 9.49. The van der Waals surface area contributed by atoms with Gasteiger partial charge in [-0.15, -0.1) is 0 Å². The van der Waals surface area contributed by atoms with Gasteiger partial charge in [-0.2, -0.15) is 0 Å². The van der Waals surface area contributed by atoms with Crippen LogP contribution in [0.5, 0.6) is 5.75 Å². The number of hydrogen-bond acceptors (Lipinski definition) is 4. The number of benzene rings is 2. The summed E-state index contributed by atoms with van der Waals surface area (Å²) in [5, 5.41) is 4.47. The minimum atomic E-state index is -0.127. The maximum absolute atomic E-state index is 13.4. The number of rotatable bonds is 9. The fraction of sp³-hybridized carbons (Fsp3) is 0.407. The molecule has 1 N–H and O–H groups in total. The number of amides is 1. The topological polar surface area (TPSA) is 63.6 Å². The Balaban J connectivity index is 1.58. The predicted molar refractivity (Wildman–Crippen MR) is 133 cm³/mol. The van der Waals surface area contributed by atoms with Crippen molar-refractivity contribution in [2.24, 2.45) is 5.92 Å². The number of fused-ring (bicyclic) bond motifs is 1. The van der Waals surface area contributed by atoms with Crippen molar-refractivity contribution < 1.29 is 9.53 Å². The number of aryl methyl sites for hydroxylation is 1. The summed E-state index contributed by atoms with van der Waals surface area (Å²) in [5.41, 5.74) is 2.09. The van der Waals surface area contributed by atoms with Crippen molar-refractivity contribution in [2.75, 3.05) is 26.7 Å². The number of nitrogens with zero attached hydrogens (tertiary/aromatic N) is 2. The first-order valence-electron chi connectivity index (χ1n) is 11.7. The van der Waals surface area contributed by atoms with Gasteiger partial charge in [-0.1, -0.05) is 26.0 Å². The van der Waals surface area contributed by atoms with E-state index in [4.69, 9.17) is 4.74 Å². The van der Waals surface area contributed by atoms with Crippen molar-refractivity contribution in [3.8, 4) is 11.4 Å². The second-order valence-corrected chi connectivity index (χ2v) is 9.49. The van der Waals surface area contributed by atoms with Crippen LogP contribution in [-0.2, 0) is 0 Å².